The first-order valence-corrected chi connectivity index (χ1v) is 4.50. The van der Waals surface area contributed by atoms with Crippen LogP contribution in [0.3, 0.4) is 0 Å². The lowest BCUT2D eigenvalue weighted by Crippen LogP contribution is -2.03. The van der Waals surface area contributed by atoms with E-state index >= 15 is 0 Å². The first-order chi connectivity index (χ1) is 5.74. The van der Waals surface area contributed by atoms with Crippen molar-refractivity contribution in [2.24, 2.45) is 0 Å². The molecule has 64 valence electrons. The van der Waals surface area contributed by atoms with Gasteiger partial charge < -0.3 is 5.32 Å². The van der Waals surface area contributed by atoms with Crippen molar-refractivity contribution in [1.29, 1.82) is 0 Å². The second-order valence-corrected chi connectivity index (χ2v) is 2.97. The van der Waals surface area contributed by atoms with Gasteiger partial charge >= 0.3 is 0 Å². The number of thiol groups is 2. The molecule has 1 rings (SSSR count). The molecule has 0 fully saturated rings. The standard InChI is InChI=1S/C8H9NOS2/c10-8(12)9-7-4-2-1-3-6(7)5-11/h1-4,11H,5H2,(H2,9,10,12). The number of benzene rings is 1. The van der Waals surface area contributed by atoms with Crippen molar-refractivity contribution in [3.63, 3.8) is 0 Å². The van der Waals surface area contributed by atoms with Crippen LogP contribution in [0, 0.1) is 0 Å². The van der Waals surface area contributed by atoms with Crippen molar-refractivity contribution in [1.82, 2.24) is 0 Å². The van der Waals surface area contributed by atoms with Gasteiger partial charge in [-0.2, -0.15) is 12.6 Å². The highest BCUT2D eigenvalue weighted by molar-refractivity contribution is 7.96. The highest BCUT2D eigenvalue weighted by atomic mass is 32.1. The predicted molar refractivity (Wildman–Crippen MR) is 57.1 cm³/mol. The molecule has 0 atom stereocenters. The van der Waals surface area contributed by atoms with Crippen LogP contribution in [0.5, 0.6) is 0 Å². The Balaban J connectivity index is 2.89. The summed E-state index contributed by atoms with van der Waals surface area (Å²) < 4.78 is 0. The van der Waals surface area contributed by atoms with Gasteiger partial charge in [-0.3, -0.25) is 4.79 Å². The van der Waals surface area contributed by atoms with Crippen molar-refractivity contribution >= 4 is 36.2 Å². The third-order valence-corrected chi connectivity index (χ3v) is 1.88. The Kier molecular flexibility index (Phi) is 3.49. The largest absolute Gasteiger partial charge is 0.317 e. The molecule has 0 aliphatic rings. The van der Waals surface area contributed by atoms with E-state index in [0.29, 0.717) is 5.75 Å². The van der Waals surface area contributed by atoms with Crippen molar-refractivity contribution in [2.75, 3.05) is 5.32 Å². The highest BCUT2D eigenvalue weighted by Crippen LogP contribution is 2.16. The van der Waals surface area contributed by atoms with E-state index in [-0.39, 0.29) is 5.24 Å². The Morgan fingerprint density at radius 3 is 2.67 bits per heavy atom. The van der Waals surface area contributed by atoms with Crippen LogP contribution in [0.4, 0.5) is 10.5 Å². The summed E-state index contributed by atoms with van der Waals surface area (Å²) in [6, 6.07) is 7.48. The van der Waals surface area contributed by atoms with Crippen LogP contribution >= 0.6 is 25.3 Å². The maximum atomic E-state index is 10.6. The monoisotopic (exact) mass is 199 g/mol. The summed E-state index contributed by atoms with van der Waals surface area (Å²) in [7, 11) is 0. The molecule has 1 aromatic rings. The van der Waals surface area contributed by atoms with Crippen LogP contribution in [-0.2, 0) is 5.75 Å². The summed E-state index contributed by atoms with van der Waals surface area (Å²) in [4.78, 5) is 10.6. The molecule has 0 saturated carbocycles. The van der Waals surface area contributed by atoms with Crippen LogP contribution < -0.4 is 5.32 Å². The lowest BCUT2D eigenvalue weighted by molar-refractivity contribution is 0.270. The molecule has 0 bridgehead atoms. The first kappa shape index (κ1) is 9.48. The average Bonchev–Trinajstić information content (AvgIpc) is 2.04. The Labute approximate surface area is 82.2 Å². The number of para-hydroxylation sites is 1. The molecule has 2 nitrogen and oxygen atoms in total. The average molecular weight is 199 g/mol. The van der Waals surface area contributed by atoms with E-state index in [1.165, 1.54) is 0 Å². The summed E-state index contributed by atoms with van der Waals surface area (Å²) in [6.07, 6.45) is 0. The van der Waals surface area contributed by atoms with Gasteiger partial charge in [0.05, 0.1) is 0 Å². The molecule has 0 unspecified atom stereocenters. The van der Waals surface area contributed by atoms with Gasteiger partial charge in [0.2, 0.25) is 0 Å². The Morgan fingerprint density at radius 1 is 1.42 bits per heavy atom. The van der Waals surface area contributed by atoms with Crippen molar-refractivity contribution in [3.8, 4) is 0 Å². The zero-order chi connectivity index (χ0) is 8.97. The second-order valence-electron chi connectivity index (χ2n) is 2.25. The van der Waals surface area contributed by atoms with Gasteiger partial charge in [-0.25, -0.2) is 0 Å². The number of hydrogen-bond acceptors (Lipinski definition) is 2. The molecule has 0 heterocycles. The maximum Gasteiger partial charge on any atom is 0.280 e. The maximum absolute atomic E-state index is 10.6. The molecular weight excluding hydrogens is 190 g/mol. The second kappa shape index (κ2) is 4.42. The van der Waals surface area contributed by atoms with Crippen molar-refractivity contribution in [2.45, 2.75) is 5.75 Å². The molecule has 1 aromatic carbocycles. The number of amides is 1. The lowest BCUT2D eigenvalue weighted by atomic mass is 10.2. The highest BCUT2D eigenvalue weighted by Gasteiger charge is 2.00. The van der Waals surface area contributed by atoms with Crippen LogP contribution in [0.15, 0.2) is 24.3 Å². The van der Waals surface area contributed by atoms with E-state index in [4.69, 9.17) is 0 Å². The fourth-order valence-corrected chi connectivity index (χ4v) is 1.29. The zero-order valence-corrected chi connectivity index (χ0v) is 8.11. The molecule has 1 N–H and O–H groups in total. The molecule has 0 aliphatic heterocycles. The van der Waals surface area contributed by atoms with Crippen molar-refractivity contribution < 1.29 is 4.79 Å². The van der Waals surface area contributed by atoms with Gasteiger partial charge in [-0.05, 0) is 11.6 Å². The first-order valence-electron chi connectivity index (χ1n) is 3.42. The molecule has 0 aliphatic carbocycles. The smallest absolute Gasteiger partial charge is 0.280 e. The molecule has 4 heteroatoms. The zero-order valence-electron chi connectivity index (χ0n) is 6.32. The van der Waals surface area contributed by atoms with Crippen molar-refractivity contribution in [3.05, 3.63) is 29.8 Å². The predicted octanol–water partition coefficient (Wildman–Crippen LogP) is 2.58. The van der Waals surface area contributed by atoms with Gasteiger partial charge in [0, 0.05) is 11.4 Å². The normalized spacial score (nSPS) is 9.50. The van der Waals surface area contributed by atoms with Gasteiger partial charge in [0.25, 0.3) is 5.24 Å². The molecule has 1 amide bonds. The minimum Gasteiger partial charge on any atom is -0.317 e. The topological polar surface area (TPSA) is 29.1 Å². The number of nitrogens with one attached hydrogen (secondary N) is 1. The molecule has 0 aromatic heterocycles. The van der Waals surface area contributed by atoms with Gasteiger partial charge in [-0.1, -0.05) is 30.8 Å². The fourth-order valence-electron chi connectivity index (χ4n) is 0.895. The lowest BCUT2D eigenvalue weighted by Gasteiger charge is -2.05. The molecule has 12 heavy (non-hydrogen) atoms. The van der Waals surface area contributed by atoms with E-state index in [0.717, 1.165) is 11.3 Å². The van der Waals surface area contributed by atoms with Crippen LogP contribution in [0.2, 0.25) is 0 Å². The quantitative estimate of drug-likeness (QED) is 0.628. The minimum absolute atomic E-state index is 0.357. The molecular formula is C8H9NOS2. The van der Waals surface area contributed by atoms with Gasteiger partial charge in [0.15, 0.2) is 0 Å². The van der Waals surface area contributed by atoms with Crippen LogP contribution in [0.25, 0.3) is 0 Å². The fraction of sp³-hybridized carbons (Fsp3) is 0.125. The number of rotatable bonds is 2. The Morgan fingerprint density at radius 2 is 2.08 bits per heavy atom. The van der Waals surface area contributed by atoms with E-state index in [2.05, 4.69) is 30.6 Å². The third-order valence-electron chi connectivity index (χ3n) is 1.43. The van der Waals surface area contributed by atoms with E-state index in [9.17, 15) is 4.79 Å². The molecule has 0 radical (unpaired) electrons. The number of anilines is 1. The van der Waals surface area contributed by atoms with E-state index in [1.54, 1.807) is 0 Å². The Hall–Kier alpha value is -0.610. The summed E-state index contributed by atoms with van der Waals surface area (Å²) >= 11 is 7.75. The van der Waals surface area contributed by atoms with Crippen LogP contribution in [-0.4, -0.2) is 5.24 Å². The summed E-state index contributed by atoms with van der Waals surface area (Å²) in [6.45, 7) is 0. The SMILES string of the molecule is O=C(S)Nc1ccccc1CS. The molecule has 0 spiro atoms. The number of carbonyl (C=O) groups is 1. The van der Waals surface area contributed by atoms with Gasteiger partial charge in [0.1, 0.15) is 0 Å². The van der Waals surface area contributed by atoms with Gasteiger partial charge in [-0.15, -0.1) is 0 Å². The molecule has 0 saturated heterocycles. The minimum atomic E-state index is -0.357. The Bertz CT molecular complexity index is 288. The number of hydrogen-bond donors (Lipinski definition) is 3. The van der Waals surface area contributed by atoms with E-state index in [1.807, 2.05) is 24.3 Å². The van der Waals surface area contributed by atoms with Crippen LogP contribution in [0.1, 0.15) is 5.56 Å². The third kappa shape index (κ3) is 2.46. The van der Waals surface area contributed by atoms with E-state index < -0.39 is 0 Å². The summed E-state index contributed by atoms with van der Waals surface area (Å²) in [5.41, 5.74) is 1.76. The summed E-state index contributed by atoms with van der Waals surface area (Å²) in [5.74, 6) is 0.601. The summed E-state index contributed by atoms with van der Waals surface area (Å²) in [5, 5.41) is 2.24. The number of carbonyl (C=O) groups excluding carboxylic acids is 1.